The number of rotatable bonds is 6. The summed E-state index contributed by atoms with van der Waals surface area (Å²) in [5.74, 6) is 1.16. The lowest BCUT2D eigenvalue weighted by molar-refractivity contribution is 0.293. The number of para-hydroxylation sites is 1. The Hall–Kier alpha value is -3.20. The Labute approximate surface area is 195 Å². The van der Waals surface area contributed by atoms with Crippen LogP contribution in [0.25, 0.3) is 15.5 Å². The number of nitrogens with zero attached hydrogens (tertiary/aromatic N) is 4. The molecule has 32 heavy (non-hydrogen) atoms. The molecular formula is C22H13Cl2FN4O2S. The van der Waals surface area contributed by atoms with E-state index in [0.717, 1.165) is 0 Å². The first-order valence-corrected chi connectivity index (χ1v) is 11.0. The molecule has 2 heterocycles. The van der Waals surface area contributed by atoms with Crippen LogP contribution in [0.3, 0.4) is 0 Å². The van der Waals surface area contributed by atoms with Crippen LogP contribution in [0, 0.1) is 5.82 Å². The first-order valence-electron chi connectivity index (χ1n) is 9.38. The molecule has 5 aromatic rings. The van der Waals surface area contributed by atoms with Gasteiger partial charge in [0.1, 0.15) is 23.1 Å². The molecule has 0 saturated carbocycles. The Bertz CT molecular complexity index is 1410. The summed E-state index contributed by atoms with van der Waals surface area (Å²) in [5.41, 5.74) is 0.695. The zero-order chi connectivity index (χ0) is 22.1. The van der Waals surface area contributed by atoms with Crippen molar-refractivity contribution in [1.82, 2.24) is 19.8 Å². The van der Waals surface area contributed by atoms with Crippen LogP contribution in [0.15, 0.2) is 66.7 Å². The van der Waals surface area contributed by atoms with Gasteiger partial charge in [0.2, 0.25) is 4.96 Å². The molecule has 2 aromatic heterocycles. The Morgan fingerprint density at radius 1 is 0.938 bits per heavy atom. The minimum absolute atomic E-state index is 0.109. The maximum absolute atomic E-state index is 14.3. The van der Waals surface area contributed by atoms with Crippen molar-refractivity contribution < 1.29 is 13.9 Å². The topological polar surface area (TPSA) is 61.5 Å². The molecule has 0 amide bonds. The van der Waals surface area contributed by atoms with Crippen molar-refractivity contribution in [2.45, 2.75) is 6.61 Å². The van der Waals surface area contributed by atoms with Crippen LogP contribution < -0.4 is 9.47 Å². The number of halogens is 3. The summed E-state index contributed by atoms with van der Waals surface area (Å²) in [7, 11) is 0. The summed E-state index contributed by atoms with van der Waals surface area (Å²) in [6, 6.07) is 18.6. The van der Waals surface area contributed by atoms with E-state index in [2.05, 4.69) is 15.3 Å². The number of hydrogen-bond acceptors (Lipinski definition) is 6. The molecular weight excluding hydrogens is 474 g/mol. The first-order chi connectivity index (χ1) is 15.6. The maximum atomic E-state index is 14.3. The molecule has 160 valence electrons. The van der Waals surface area contributed by atoms with E-state index >= 15 is 0 Å². The number of hydrogen-bond donors (Lipinski definition) is 0. The standard InChI is InChI=1S/C22H13Cl2FN4O2S/c23-14-7-9-18(16(24)11-14)30-12-20-26-27-22-29(20)28-21(32-22)13-6-8-17(25)19(10-13)31-15-4-2-1-3-5-15/h1-11H,12H2. The summed E-state index contributed by atoms with van der Waals surface area (Å²) in [4.78, 5) is 0.579. The van der Waals surface area contributed by atoms with Crippen LogP contribution in [-0.2, 0) is 6.61 Å². The van der Waals surface area contributed by atoms with Crippen molar-refractivity contribution in [3.05, 3.63) is 88.4 Å². The molecule has 10 heteroatoms. The minimum atomic E-state index is -0.463. The molecule has 0 unspecified atom stereocenters. The van der Waals surface area contributed by atoms with Gasteiger partial charge in [-0.25, -0.2) is 4.39 Å². The van der Waals surface area contributed by atoms with E-state index in [1.54, 1.807) is 47.0 Å². The molecule has 0 aliphatic heterocycles. The van der Waals surface area contributed by atoms with E-state index in [9.17, 15) is 4.39 Å². The fraction of sp³-hybridized carbons (Fsp3) is 0.0455. The van der Waals surface area contributed by atoms with Crippen LogP contribution >= 0.6 is 34.5 Å². The van der Waals surface area contributed by atoms with Crippen molar-refractivity contribution in [1.29, 1.82) is 0 Å². The van der Waals surface area contributed by atoms with Gasteiger partial charge in [-0.2, -0.15) is 9.61 Å². The first kappa shape index (κ1) is 20.7. The van der Waals surface area contributed by atoms with E-state index in [1.165, 1.54) is 17.4 Å². The van der Waals surface area contributed by atoms with Crippen molar-refractivity contribution in [3.8, 4) is 27.8 Å². The SMILES string of the molecule is Fc1ccc(-c2nn3c(COc4ccc(Cl)cc4Cl)nnc3s2)cc1Oc1ccccc1. The molecule has 0 N–H and O–H groups in total. The highest BCUT2D eigenvalue weighted by Crippen LogP contribution is 2.32. The molecule has 0 fully saturated rings. The van der Waals surface area contributed by atoms with Crippen molar-refractivity contribution in [2.24, 2.45) is 0 Å². The third-order valence-corrected chi connectivity index (χ3v) is 5.93. The highest BCUT2D eigenvalue weighted by Gasteiger charge is 2.16. The average Bonchev–Trinajstić information content (AvgIpc) is 3.37. The van der Waals surface area contributed by atoms with E-state index in [0.29, 0.717) is 42.9 Å². The number of fused-ring (bicyclic) bond motifs is 1. The van der Waals surface area contributed by atoms with E-state index in [4.69, 9.17) is 32.7 Å². The van der Waals surface area contributed by atoms with Gasteiger partial charge < -0.3 is 9.47 Å². The Balaban J connectivity index is 1.40. The van der Waals surface area contributed by atoms with Crippen molar-refractivity contribution >= 4 is 39.5 Å². The largest absolute Gasteiger partial charge is 0.484 e. The molecule has 0 radical (unpaired) electrons. The van der Waals surface area contributed by atoms with E-state index in [-0.39, 0.29) is 12.4 Å². The third-order valence-electron chi connectivity index (χ3n) is 4.46. The molecule has 0 saturated heterocycles. The molecule has 0 spiro atoms. The number of benzene rings is 3. The van der Waals surface area contributed by atoms with Crippen LogP contribution in [0.5, 0.6) is 17.2 Å². The highest BCUT2D eigenvalue weighted by atomic mass is 35.5. The minimum Gasteiger partial charge on any atom is -0.484 e. The zero-order valence-electron chi connectivity index (χ0n) is 16.2. The van der Waals surface area contributed by atoms with Crippen LogP contribution in [0.4, 0.5) is 4.39 Å². The summed E-state index contributed by atoms with van der Waals surface area (Å²) in [6.45, 7) is 0.109. The van der Waals surface area contributed by atoms with Gasteiger partial charge in [0, 0.05) is 10.6 Å². The lowest BCUT2D eigenvalue weighted by Gasteiger charge is -2.08. The normalized spacial score (nSPS) is 11.1. The maximum Gasteiger partial charge on any atom is 0.235 e. The zero-order valence-corrected chi connectivity index (χ0v) is 18.5. The summed E-state index contributed by atoms with van der Waals surface area (Å²) in [5, 5.41) is 14.4. The lowest BCUT2D eigenvalue weighted by Crippen LogP contribution is -2.02. The molecule has 0 aliphatic carbocycles. The number of ether oxygens (including phenoxy) is 2. The fourth-order valence-corrected chi connectivity index (χ4v) is 4.25. The van der Waals surface area contributed by atoms with Gasteiger partial charge >= 0.3 is 0 Å². The third kappa shape index (κ3) is 4.25. The monoisotopic (exact) mass is 486 g/mol. The van der Waals surface area contributed by atoms with Gasteiger partial charge in [-0.15, -0.1) is 10.2 Å². The van der Waals surface area contributed by atoms with Crippen LogP contribution in [-0.4, -0.2) is 19.8 Å². The quantitative estimate of drug-likeness (QED) is 0.268. The fourth-order valence-electron chi connectivity index (χ4n) is 2.93. The van der Waals surface area contributed by atoms with Crippen molar-refractivity contribution in [3.63, 3.8) is 0 Å². The second kappa shape index (κ2) is 8.74. The molecule has 0 bridgehead atoms. The van der Waals surface area contributed by atoms with E-state index < -0.39 is 5.82 Å². The van der Waals surface area contributed by atoms with Crippen LogP contribution in [0.2, 0.25) is 10.0 Å². The van der Waals surface area contributed by atoms with Gasteiger partial charge in [-0.3, -0.25) is 0 Å². The molecule has 6 nitrogen and oxygen atoms in total. The Morgan fingerprint density at radius 2 is 1.78 bits per heavy atom. The van der Waals surface area contributed by atoms with Gasteiger partial charge in [0.15, 0.2) is 17.4 Å². The van der Waals surface area contributed by atoms with Crippen molar-refractivity contribution in [2.75, 3.05) is 0 Å². The predicted octanol–water partition coefficient (Wildman–Crippen LogP) is 6.67. The highest BCUT2D eigenvalue weighted by molar-refractivity contribution is 7.19. The van der Waals surface area contributed by atoms with E-state index in [1.807, 2.05) is 18.2 Å². The molecule has 0 aliphatic rings. The van der Waals surface area contributed by atoms with Gasteiger partial charge in [-0.1, -0.05) is 52.7 Å². The molecule has 5 rings (SSSR count). The molecule has 3 aromatic carbocycles. The second-order valence-corrected chi connectivity index (χ2v) is 8.44. The number of aromatic nitrogens is 4. The predicted molar refractivity (Wildman–Crippen MR) is 121 cm³/mol. The smallest absolute Gasteiger partial charge is 0.235 e. The second-order valence-electron chi connectivity index (χ2n) is 6.64. The summed E-state index contributed by atoms with van der Waals surface area (Å²) >= 11 is 13.4. The van der Waals surface area contributed by atoms with Gasteiger partial charge in [0.05, 0.1) is 5.02 Å². The Morgan fingerprint density at radius 3 is 2.59 bits per heavy atom. The summed E-state index contributed by atoms with van der Waals surface area (Å²) < 4.78 is 27.3. The van der Waals surface area contributed by atoms with Crippen LogP contribution in [0.1, 0.15) is 5.82 Å². The molecule has 0 atom stereocenters. The Kier molecular flexibility index (Phi) is 5.65. The average molecular weight is 487 g/mol. The van der Waals surface area contributed by atoms with Gasteiger partial charge in [0.25, 0.3) is 0 Å². The van der Waals surface area contributed by atoms with Gasteiger partial charge in [-0.05, 0) is 48.5 Å². The lowest BCUT2D eigenvalue weighted by atomic mass is 10.2. The summed E-state index contributed by atoms with van der Waals surface area (Å²) in [6.07, 6.45) is 0.